The van der Waals surface area contributed by atoms with Crippen molar-refractivity contribution in [2.75, 3.05) is 14.2 Å². The molecule has 3 rings (SSSR count). The van der Waals surface area contributed by atoms with E-state index in [1.165, 1.54) is 56.7 Å². The maximum absolute atomic E-state index is 12.6. The first-order valence-corrected chi connectivity index (χ1v) is 11.8. The third-order valence-corrected chi connectivity index (χ3v) is 6.12. The maximum atomic E-state index is 12.6. The van der Waals surface area contributed by atoms with Crippen LogP contribution >= 0.6 is 0 Å². The zero-order valence-electron chi connectivity index (χ0n) is 21.4. The molecule has 6 N–H and O–H groups in total. The summed E-state index contributed by atoms with van der Waals surface area (Å²) >= 11 is 0. The van der Waals surface area contributed by atoms with Gasteiger partial charge in [-0.05, 0) is 47.5 Å². The molecule has 4 atom stereocenters. The fourth-order valence-corrected chi connectivity index (χ4v) is 4.05. The molecule has 1 saturated carbocycles. The van der Waals surface area contributed by atoms with Gasteiger partial charge < -0.3 is 49.6 Å². The van der Waals surface area contributed by atoms with E-state index in [0.717, 1.165) is 12.2 Å². The Balaban J connectivity index is 1.76. The number of hydrogen-bond donors (Lipinski definition) is 6. The number of esters is 2. The topological polar surface area (TPSA) is 210 Å². The summed E-state index contributed by atoms with van der Waals surface area (Å²) in [4.78, 5) is 37.2. The standard InChI is InChI=1S/C27H28O13/c1-37-19-10-15(11-20(38-2)25(19)34)5-8-23(32)40-27(26(35)36)12-18(30)24(33)21(13-27)39-22(31)7-4-14-3-6-16(28)17(29)9-14/h3-11,18,21,24,28-30,33-34H,12-13H2,1-2H3,(H,35,36)/t18-,21-,24+,27+/m1/s1. The number of rotatable bonds is 9. The Morgan fingerprint density at radius 1 is 0.850 bits per heavy atom. The van der Waals surface area contributed by atoms with Crippen molar-refractivity contribution in [3.63, 3.8) is 0 Å². The summed E-state index contributed by atoms with van der Waals surface area (Å²) in [6, 6.07) is 6.53. The number of carbonyl (C=O) groups is 3. The van der Waals surface area contributed by atoms with E-state index < -0.39 is 60.4 Å². The summed E-state index contributed by atoms with van der Waals surface area (Å²) in [5.41, 5.74) is -1.68. The highest BCUT2D eigenvalue weighted by atomic mass is 16.6. The van der Waals surface area contributed by atoms with Crippen molar-refractivity contribution in [3.05, 3.63) is 53.6 Å². The Morgan fingerprint density at radius 2 is 1.45 bits per heavy atom. The summed E-state index contributed by atoms with van der Waals surface area (Å²) in [5.74, 6) is -4.71. The van der Waals surface area contributed by atoms with Crippen LogP contribution in [0, 0.1) is 0 Å². The summed E-state index contributed by atoms with van der Waals surface area (Å²) in [5, 5.41) is 59.5. The van der Waals surface area contributed by atoms with Gasteiger partial charge in [-0.15, -0.1) is 0 Å². The summed E-state index contributed by atoms with van der Waals surface area (Å²) in [6.45, 7) is 0. The third kappa shape index (κ3) is 6.81. The van der Waals surface area contributed by atoms with Gasteiger partial charge in [0.1, 0.15) is 12.2 Å². The summed E-state index contributed by atoms with van der Waals surface area (Å²) in [6.07, 6.45) is -1.98. The second kappa shape index (κ2) is 12.4. The van der Waals surface area contributed by atoms with Crippen LogP contribution in [0.25, 0.3) is 12.2 Å². The van der Waals surface area contributed by atoms with Gasteiger partial charge in [0, 0.05) is 25.0 Å². The zero-order valence-corrected chi connectivity index (χ0v) is 21.4. The molecule has 0 unspecified atom stereocenters. The van der Waals surface area contributed by atoms with E-state index in [9.17, 15) is 45.0 Å². The number of carbonyl (C=O) groups excluding carboxylic acids is 2. The van der Waals surface area contributed by atoms with Crippen molar-refractivity contribution in [1.29, 1.82) is 0 Å². The largest absolute Gasteiger partial charge is 0.504 e. The van der Waals surface area contributed by atoms with E-state index in [-0.39, 0.29) is 23.0 Å². The number of benzene rings is 2. The van der Waals surface area contributed by atoms with Crippen LogP contribution in [0.15, 0.2) is 42.5 Å². The number of carboxylic acid groups (broad SMARTS) is 1. The number of phenolic OH excluding ortho intramolecular Hbond substituents is 3. The van der Waals surface area contributed by atoms with Crippen LogP contribution in [-0.2, 0) is 23.9 Å². The van der Waals surface area contributed by atoms with Crippen LogP contribution in [0.2, 0.25) is 0 Å². The van der Waals surface area contributed by atoms with Crippen molar-refractivity contribution in [3.8, 4) is 28.7 Å². The van der Waals surface area contributed by atoms with E-state index in [4.69, 9.17) is 18.9 Å². The van der Waals surface area contributed by atoms with Crippen molar-refractivity contribution in [1.82, 2.24) is 0 Å². The van der Waals surface area contributed by atoms with Gasteiger partial charge in [-0.25, -0.2) is 14.4 Å². The summed E-state index contributed by atoms with van der Waals surface area (Å²) < 4.78 is 20.5. The van der Waals surface area contributed by atoms with E-state index >= 15 is 0 Å². The number of phenols is 3. The molecule has 0 aliphatic heterocycles. The van der Waals surface area contributed by atoms with Gasteiger partial charge in [0.15, 0.2) is 23.0 Å². The van der Waals surface area contributed by atoms with E-state index in [2.05, 4.69) is 0 Å². The van der Waals surface area contributed by atoms with Gasteiger partial charge in [0.2, 0.25) is 11.4 Å². The first-order valence-electron chi connectivity index (χ1n) is 11.8. The molecule has 0 heterocycles. The molecule has 0 aromatic heterocycles. The van der Waals surface area contributed by atoms with Crippen LogP contribution in [0.4, 0.5) is 0 Å². The molecule has 1 aliphatic rings. The van der Waals surface area contributed by atoms with Crippen LogP contribution < -0.4 is 9.47 Å². The average Bonchev–Trinajstić information content (AvgIpc) is 2.91. The monoisotopic (exact) mass is 560 g/mol. The van der Waals surface area contributed by atoms with Gasteiger partial charge in [-0.3, -0.25) is 0 Å². The van der Waals surface area contributed by atoms with Crippen LogP contribution in [-0.4, -0.2) is 86.7 Å². The number of aromatic hydroxyl groups is 3. The second-order valence-electron chi connectivity index (χ2n) is 8.85. The van der Waals surface area contributed by atoms with Gasteiger partial charge in [-0.1, -0.05) is 6.07 Å². The summed E-state index contributed by atoms with van der Waals surface area (Å²) in [7, 11) is 2.62. The molecule has 0 saturated heterocycles. The van der Waals surface area contributed by atoms with Crippen molar-refractivity contribution in [2.24, 2.45) is 0 Å². The van der Waals surface area contributed by atoms with Gasteiger partial charge in [0.05, 0.1) is 20.3 Å². The van der Waals surface area contributed by atoms with Crippen LogP contribution in [0.1, 0.15) is 24.0 Å². The van der Waals surface area contributed by atoms with Crippen molar-refractivity contribution >= 4 is 30.1 Å². The Morgan fingerprint density at radius 3 is 2.02 bits per heavy atom. The number of aliphatic hydroxyl groups is 2. The van der Waals surface area contributed by atoms with Crippen molar-refractivity contribution < 1.29 is 64.0 Å². The lowest BCUT2D eigenvalue weighted by molar-refractivity contribution is -0.207. The fourth-order valence-electron chi connectivity index (χ4n) is 4.05. The van der Waals surface area contributed by atoms with Gasteiger partial charge in [-0.2, -0.15) is 0 Å². The first-order chi connectivity index (χ1) is 18.9. The molecule has 0 radical (unpaired) electrons. The molecule has 13 heteroatoms. The molecule has 2 aromatic carbocycles. The molecule has 0 bridgehead atoms. The molecule has 0 amide bonds. The van der Waals surface area contributed by atoms with Crippen molar-refractivity contribution in [2.45, 2.75) is 36.8 Å². The van der Waals surface area contributed by atoms with Gasteiger partial charge >= 0.3 is 17.9 Å². The number of ether oxygens (including phenoxy) is 4. The highest BCUT2D eigenvalue weighted by Crippen LogP contribution is 2.38. The molecular weight excluding hydrogens is 532 g/mol. The molecular formula is C27H28O13. The molecule has 13 nitrogen and oxygen atoms in total. The van der Waals surface area contributed by atoms with Crippen LogP contribution in [0.3, 0.4) is 0 Å². The molecule has 0 spiro atoms. The molecule has 40 heavy (non-hydrogen) atoms. The highest BCUT2D eigenvalue weighted by Gasteiger charge is 2.54. The lowest BCUT2D eigenvalue weighted by Gasteiger charge is -2.41. The predicted molar refractivity (Wildman–Crippen MR) is 137 cm³/mol. The number of aliphatic hydroxyl groups excluding tert-OH is 2. The molecule has 1 aliphatic carbocycles. The van der Waals surface area contributed by atoms with E-state index in [1.807, 2.05) is 0 Å². The minimum atomic E-state index is -2.35. The third-order valence-electron chi connectivity index (χ3n) is 6.12. The average molecular weight is 561 g/mol. The number of aliphatic carboxylic acids is 1. The highest BCUT2D eigenvalue weighted by molar-refractivity contribution is 5.91. The Bertz CT molecular complexity index is 1310. The first kappa shape index (κ1) is 29.8. The quantitative estimate of drug-likeness (QED) is 0.145. The van der Waals surface area contributed by atoms with Crippen LogP contribution in [0.5, 0.6) is 28.7 Å². The molecule has 2 aromatic rings. The SMILES string of the molecule is COc1cc(C=CC(=O)O[C@@]2(C(=O)O)C[C@@H](O)[C@H](O)[C@H](OC(=O)C=Cc3ccc(O)c(O)c3)C2)cc(OC)c1O. The number of hydrogen-bond acceptors (Lipinski definition) is 12. The normalized spacial score (nSPS) is 22.6. The second-order valence-corrected chi connectivity index (χ2v) is 8.85. The molecule has 214 valence electrons. The maximum Gasteiger partial charge on any atom is 0.348 e. The van der Waals surface area contributed by atoms with E-state index in [1.54, 1.807) is 0 Å². The minimum Gasteiger partial charge on any atom is -0.504 e. The zero-order chi connectivity index (χ0) is 29.6. The molecule has 1 fully saturated rings. The predicted octanol–water partition coefficient (Wildman–Crippen LogP) is 1.34. The Labute approximate surface area is 227 Å². The Hall–Kier alpha value is -4.75. The number of carboxylic acids is 1. The smallest absolute Gasteiger partial charge is 0.348 e. The fraction of sp³-hybridized carbons (Fsp3) is 0.296. The Kier molecular flexibility index (Phi) is 9.24. The lowest BCUT2D eigenvalue weighted by Crippen LogP contribution is -2.58. The lowest BCUT2D eigenvalue weighted by atomic mass is 9.79. The van der Waals surface area contributed by atoms with Gasteiger partial charge in [0.25, 0.3) is 0 Å². The van der Waals surface area contributed by atoms with E-state index in [0.29, 0.717) is 11.1 Å². The number of methoxy groups -OCH3 is 2. The minimum absolute atomic E-state index is 0.0553.